The second-order valence-corrected chi connectivity index (χ2v) is 9.86. The molecule has 0 unspecified atom stereocenters. The van der Waals surface area contributed by atoms with E-state index in [0.717, 1.165) is 27.6 Å². The van der Waals surface area contributed by atoms with Crippen molar-refractivity contribution in [2.24, 2.45) is 0 Å². The van der Waals surface area contributed by atoms with Gasteiger partial charge >= 0.3 is 0 Å². The average molecular weight is 499 g/mol. The minimum Gasteiger partial charge on any atom is -0.486 e. The van der Waals surface area contributed by atoms with Crippen LogP contribution in [0.4, 0.5) is 15.8 Å². The molecule has 0 bridgehead atoms. The maximum Gasteiger partial charge on any atom is 0.264 e. The van der Waals surface area contributed by atoms with Crippen molar-refractivity contribution in [3.8, 4) is 11.5 Å². The topological polar surface area (TPSA) is 84.9 Å². The number of rotatable bonds is 8. The van der Waals surface area contributed by atoms with E-state index in [2.05, 4.69) is 5.32 Å². The van der Waals surface area contributed by atoms with Crippen LogP contribution in [0.3, 0.4) is 0 Å². The molecule has 7 nitrogen and oxygen atoms in total. The van der Waals surface area contributed by atoms with Crippen LogP contribution in [0.2, 0.25) is 0 Å². The zero-order valence-corrected chi connectivity index (χ0v) is 20.4. The number of nitrogens with one attached hydrogen (secondary N) is 1. The lowest BCUT2D eigenvalue weighted by atomic mass is 10.0. The Bertz CT molecular complexity index is 1300. The van der Waals surface area contributed by atoms with E-state index in [0.29, 0.717) is 43.2 Å². The number of benzene rings is 3. The minimum atomic E-state index is -4.20. The van der Waals surface area contributed by atoms with E-state index in [1.54, 1.807) is 0 Å². The summed E-state index contributed by atoms with van der Waals surface area (Å²) in [6.07, 6.45) is 1.42. The van der Waals surface area contributed by atoms with E-state index < -0.39 is 28.3 Å². The predicted octanol–water partition coefficient (Wildman–Crippen LogP) is 4.56. The average Bonchev–Trinajstić information content (AvgIpc) is 2.87. The van der Waals surface area contributed by atoms with E-state index in [9.17, 15) is 17.6 Å². The standard InChI is InChI=1S/C26H27FN2O5S/c1-3-18-6-5-7-19(4-2)26(18)28-25(30)17-29(21-10-8-20(27)9-11-21)35(31,32)22-12-13-23-24(16-22)34-15-14-33-23/h5-13,16H,3-4,14-15,17H2,1-2H3,(H,28,30). The Morgan fingerprint density at radius 3 is 2.20 bits per heavy atom. The van der Waals surface area contributed by atoms with Crippen molar-refractivity contribution in [3.63, 3.8) is 0 Å². The van der Waals surface area contributed by atoms with Crippen molar-refractivity contribution in [1.29, 1.82) is 0 Å². The molecule has 0 saturated carbocycles. The van der Waals surface area contributed by atoms with Crippen LogP contribution in [0.5, 0.6) is 11.5 Å². The maximum atomic E-state index is 13.7. The predicted molar refractivity (Wildman–Crippen MR) is 132 cm³/mol. The fraction of sp³-hybridized carbons (Fsp3) is 0.269. The quantitative estimate of drug-likeness (QED) is 0.492. The molecule has 1 aliphatic heterocycles. The highest BCUT2D eigenvalue weighted by Gasteiger charge is 2.29. The highest BCUT2D eigenvalue weighted by molar-refractivity contribution is 7.92. The Morgan fingerprint density at radius 1 is 0.943 bits per heavy atom. The molecule has 0 atom stereocenters. The van der Waals surface area contributed by atoms with Gasteiger partial charge in [0, 0.05) is 11.8 Å². The second-order valence-electron chi connectivity index (χ2n) is 8.00. The number of fused-ring (bicyclic) bond motifs is 1. The van der Waals surface area contributed by atoms with Gasteiger partial charge in [-0.15, -0.1) is 0 Å². The summed E-state index contributed by atoms with van der Waals surface area (Å²) < 4.78 is 53.0. The van der Waals surface area contributed by atoms with Crippen molar-refractivity contribution in [3.05, 3.63) is 77.6 Å². The van der Waals surface area contributed by atoms with Crippen LogP contribution < -0.4 is 19.1 Å². The molecule has 3 aromatic rings. The molecule has 0 aromatic heterocycles. The van der Waals surface area contributed by atoms with Crippen LogP contribution in [0, 0.1) is 5.82 Å². The summed E-state index contributed by atoms with van der Waals surface area (Å²) in [4.78, 5) is 13.1. The number of carbonyl (C=O) groups is 1. The van der Waals surface area contributed by atoms with E-state index in [1.807, 2.05) is 32.0 Å². The Hall–Kier alpha value is -3.59. The summed E-state index contributed by atoms with van der Waals surface area (Å²) in [6, 6.07) is 15.1. The summed E-state index contributed by atoms with van der Waals surface area (Å²) in [5, 5.41) is 2.90. The van der Waals surface area contributed by atoms with Gasteiger partial charge in [0.05, 0.1) is 10.6 Å². The number of carbonyl (C=O) groups excluding carboxylic acids is 1. The lowest BCUT2D eigenvalue weighted by Gasteiger charge is -2.26. The normalized spacial score (nSPS) is 12.8. The van der Waals surface area contributed by atoms with Crippen LogP contribution in [0.25, 0.3) is 0 Å². The molecule has 0 radical (unpaired) electrons. The fourth-order valence-corrected chi connectivity index (χ4v) is 5.38. The number of anilines is 2. The molecule has 0 spiro atoms. The number of sulfonamides is 1. The number of amides is 1. The number of ether oxygens (including phenoxy) is 2. The molecular formula is C26H27FN2O5S. The molecule has 9 heteroatoms. The van der Waals surface area contributed by atoms with E-state index in [-0.39, 0.29) is 10.6 Å². The number of hydrogen-bond donors (Lipinski definition) is 1. The second kappa shape index (κ2) is 10.4. The monoisotopic (exact) mass is 498 g/mol. The summed E-state index contributed by atoms with van der Waals surface area (Å²) in [6.45, 7) is 4.16. The molecular weight excluding hydrogens is 471 g/mol. The van der Waals surface area contributed by atoms with E-state index in [1.165, 1.54) is 30.3 Å². The number of para-hydroxylation sites is 1. The van der Waals surface area contributed by atoms with Gasteiger partial charge in [0.1, 0.15) is 25.6 Å². The Kier molecular flexibility index (Phi) is 7.25. The molecule has 1 amide bonds. The number of halogens is 1. The maximum absolute atomic E-state index is 13.7. The zero-order valence-electron chi connectivity index (χ0n) is 19.6. The third-order valence-corrected chi connectivity index (χ3v) is 7.54. The van der Waals surface area contributed by atoms with Crippen molar-refractivity contribution in [2.75, 3.05) is 29.4 Å². The fourth-order valence-electron chi connectivity index (χ4n) is 3.95. The first-order valence-corrected chi connectivity index (χ1v) is 12.9. The van der Waals surface area contributed by atoms with Crippen LogP contribution in [-0.4, -0.2) is 34.1 Å². The minimum absolute atomic E-state index is 0.0675. The molecule has 1 heterocycles. The van der Waals surface area contributed by atoms with Gasteiger partial charge in [-0.1, -0.05) is 32.0 Å². The molecule has 1 aliphatic rings. The first-order chi connectivity index (χ1) is 16.8. The number of aryl methyl sites for hydroxylation is 2. The van der Waals surface area contributed by atoms with Gasteiger partial charge in [-0.05, 0) is 60.4 Å². The van der Waals surface area contributed by atoms with Gasteiger partial charge < -0.3 is 14.8 Å². The summed E-state index contributed by atoms with van der Waals surface area (Å²) in [5.41, 5.74) is 2.77. The largest absolute Gasteiger partial charge is 0.486 e. The molecule has 3 aromatic carbocycles. The Morgan fingerprint density at radius 2 is 1.57 bits per heavy atom. The van der Waals surface area contributed by atoms with Crippen LogP contribution >= 0.6 is 0 Å². The van der Waals surface area contributed by atoms with Gasteiger partial charge in [-0.25, -0.2) is 12.8 Å². The first-order valence-electron chi connectivity index (χ1n) is 11.4. The lowest BCUT2D eigenvalue weighted by molar-refractivity contribution is -0.114. The van der Waals surface area contributed by atoms with E-state index in [4.69, 9.17) is 9.47 Å². The van der Waals surface area contributed by atoms with Gasteiger partial charge in [0.25, 0.3) is 10.0 Å². The smallest absolute Gasteiger partial charge is 0.264 e. The Labute approximate surface area is 204 Å². The third-order valence-electron chi connectivity index (χ3n) is 5.77. The molecule has 0 saturated heterocycles. The molecule has 35 heavy (non-hydrogen) atoms. The van der Waals surface area contributed by atoms with Crippen molar-refractivity contribution in [1.82, 2.24) is 0 Å². The molecule has 4 rings (SSSR count). The molecule has 0 fully saturated rings. The van der Waals surface area contributed by atoms with Gasteiger partial charge in [-0.2, -0.15) is 0 Å². The third kappa shape index (κ3) is 5.24. The van der Waals surface area contributed by atoms with Gasteiger partial charge in [-0.3, -0.25) is 9.10 Å². The summed E-state index contributed by atoms with van der Waals surface area (Å²) in [7, 11) is -4.20. The SMILES string of the molecule is CCc1cccc(CC)c1NC(=O)CN(c1ccc(F)cc1)S(=O)(=O)c1ccc2c(c1)OCCO2. The first kappa shape index (κ1) is 24.5. The van der Waals surface area contributed by atoms with Crippen LogP contribution in [0.1, 0.15) is 25.0 Å². The summed E-state index contributed by atoms with van der Waals surface area (Å²) in [5.74, 6) is -0.264. The van der Waals surface area contributed by atoms with Crippen molar-refractivity contribution in [2.45, 2.75) is 31.6 Å². The van der Waals surface area contributed by atoms with Crippen molar-refractivity contribution < 1.29 is 27.1 Å². The Balaban J connectivity index is 1.69. The number of nitrogens with zero attached hydrogens (tertiary/aromatic N) is 1. The highest BCUT2D eigenvalue weighted by atomic mass is 32.2. The van der Waals surface area contributed by atoms with Gasteiger partial charge in [0.15, 0.2) is 11.5 Å². The molecule has 184 valence electrons. The van der Waals surface area contributed by atoms with Gasteiger partial charge in [0.2, 0.25) is 5.91 Å². The van der Waals surface area contributed by atoms with Crippen molar-refractivity contribution >= 4 is 27.3 Å². The van der Waals surface area contributed by atoms with Crippen LogP contribution in [0.15, 0.2) is 65.6 Å². The highest BCUT2D eigenvalue weighted by Crippen LogP contribution is 2.34. The zero-order chi connectivity index (χ0) is 25.0. The van der Waals surface area contributed by atoms with Crippen LogP contribution in [-0.2, 0) is 27.7 Å². The lowest BCUT2D eigenvalue weighted by Crippen LogP contribution is -2.38. The molecule has 0 aliphatic carbocycles. The van der Waals surface area contributed by atoms with E-state index >= 15 is 0 Å². The summed E-state index contributed by atoms with van der Waals surface area (Å²) >= 11 is 0. The molecule has 1 N–H and O–H groups in total. The number of hydrogen-bond acceptors (Lipinski definition) is 5.